The number of hydrogen-bond acceptors (Lipinski definition) is 3. The first kappa shape index (κ1) is 12.3. The average molecular weight is 226 g/mol. The number of nitrogens with one attached hydrogen (secondary N) is 1. The Bertz CT molecular complexity index is 224. The molecular formula is C13H26N2O. The topological polar surface area (TPSA) is 24.5 Å². The van der Waals surface area contributed by atoms with Crippen LogP contribution in [0.25, 0.3) is 0 Å². The van der Waals surface area contributed by atoms with Crippen LogP contribution in [0.2, 0.25) is 0 Å². The molecule has 0 amide bonds. The van der Waals surface area contributed by atoms with Crippen molar-refractivity contribution in [1.82, 2.24) is 10.2 Å². The molecule has 0 saturated carbocycles. The lowest BCUT2D eigenvalue weighted by atomic mass is 9.88. The Balaban J connectivity index is 1.97. The summed E-state index contributed by atoms with van der Waals surface area (Å²) in [6, 6.07) is 0.661. The fourth-order valence-electron chi connectivity index (χ4n) is 2.84. The Labute approximate surface area is 99.5 Å². The van der Waals surface area contributed by atoms with Gasteiger partial charge < -0.3 is 10.1 Å². The van der Waals surface area contributed by atoms with E-state index in [1.165, 1.54) is 25.9 Å². The highest BCUT2D eigenvalue weighted by Gasteiger charge is 2.36. The predicted molar refractivity (Wildman–Crippen MR) is 66.7 cm³/mol. The minimum Gasteiger partial charge on any atom is -0.381 e. The van der Waals surface area contributed by atoms with Gasteiger partial charge in [-0.1, -0.05) is 13.8 Å². The van der Waals surface area contributed by atoms with Crippen LogP contribution < -0.4 is 5.32 Å². The van der Waals surface area contributed by atoms with E-state index in [0.29, 0.717) is 11.6 Å². The van der Waals surface area contributed by atoms with Crippen LogP contribution in [0.5, 0.6) is 0 Å². The van der Waals surface area contributed by atoms with E-state index < -0.39 is 0 Å². The summed E-state index contributed by atoms with van der Waals surface area (Å²) in [5, 5.41) is 3.63. The van der Waals surface area contributed by atoms with Gasteiger partial charge in [0, 0.05) is 44.4 Å². The third kappa shape index (κ3) is 2.58. The number of nitrogens with zero attached hydrogens (tertiary/aromatic N) is 1. The van der Waals surface area contributed by atoms with E-state index in [9.17, 15) is 0 Å². The van der Waals surface area contributed by atoms with E-state index in [4.69, 9.17) is 4.74 Å². The van der Waals surface area contributed by atoms with E-state index in [0.717, 1.165) is 25.7 Å². The summed E-state index contributed by atoms with van der Waals surface area (Å²) in [4.78, 5) is 2.69. The third-order valence-corrected chi connectivity index (χ3v) is 4.34. The maximum Gasteiger partial charge on any atom is 0.0483 e. The molecule has 1 unspecified atom stereocenters. The minimum atomic E-state index is 0.382. The van der Waals surface area contributed by atoms with Crippen LogP contribution in [0.3, 0.4) is 0 Å². The average Bonchev–Trinajstić information content (AvgIpc) is 2.30. The highest BCUT2D eigenvalue weighted by Crippen LogP contribution is 2.28. The minimum absolute atomic E-state index is 0.382. The van der Waals surface area contributed by atoms with Gasteiger partial charge in [0.15, 0.2) is 0 Å². The first-order valence-electron chi connectivity index (χ1n) is 6.68. The summed E-state index contributed by atoms with van der Waals surface area (Å²) < 4.78 is 5.49. The number of ether oxygens (including phenoxy) is 1. The van der Waals surface area contributed by atoms with Crippen molar-refractivity contribution in [3.8, 4) is 0 Å². The molecule has 3 nitrogen and oxygen atoms in total. The van der Waals surface area contributed by atoms with Gasteiger partial charge in [-0.3, -0.25) is 4.90 Å². The molecule has 1 N–H and O–H groups in total. The first-order valence-corrected chi connectivity index (χ1v) is 6.68. The molecule has 2 rings (SSSR count). The van der Waals surface area contributed by atoms with Crippen molar-refractivity contribution >= 4 is 0 Å². The van der Waals surface area contributed by atoms with Crippen LogP contribution in [-0.2, 0) is 4.74 Å². The van der Waals surface area contributed by atoms with Crippen molar-refractivity contribution in [3.05, 3.63) is 0 Å². The van der Waals surface area contributed by atoms with Crippen LogP contribution in [0.15, 0.2) is 0 Å². The zero-order valence-electron chi connectivity index (χ0n) is 11.0. The lowest BCUT2D eigenvalue weighted by Gasteiger charge is -2.48. The molecular weight excluding hydrogens is 200 g/mol. The Morgan fingerprint density at radius 2 is 2.00 bits per heavy atom. The largest absolute Gasteiger partial charge is 0.381 e. The highest BCUT2D eigenvalue weighted by molar-refractivity contribution is 4.93. The second-order valence-electron chi connectivity index (χ2n) is 5.86. The van der Waals surface area contributed by atoms with E-state index in [2.05, 4.69) is 31.0 Å². The quantitative estimate of drug-likeness (QED) is 0.772. The molecule has 0 aromatic heterocycles. The monoisotopic (exact) mass is 226 g/mol. The Kier molecular flexibility index (Phi) is 3.88. The van der Waals surface area contributed by atoms with Gasteiger partial charge in [0.2, 0.25) is 0 Å². The Morgan fingerprint density at radius 1 is 1.31 bits per heavy atom. The van der Waals surface area contributed by atoms with Crippen molar-refractivity contribution in [1.29, 1.82) is 0 Å². The summed E-state index contributed by atoms with van der Waals surface area (Å²) in [5.74, 6) is 0.728. The molecule has 94 valence electrons. The standard InChI is InChI=1S/C13H26N2O/c1-11(2)12-10-15(7-6-14-12)13(3)4-8-16-9-5-13/h11-12,14H,4-10H2,1-3H3. The molecule has 2 aliphatic heterocycles. The lowest BCUT2D eigenvalue weighted by Crippen LogP contribution is -2.61. The SMILES string of the molecule is CC(C)C1CN(C2(C)CCOCC2)CCN1. The van der Waals surface area contributed by atoms with Gasteiger partial charge in [0.05, 0.1) is 0 Å². The molecule has 3 heteroatoms. The number of rotatable bonds is 2. The molecule has 0 spiro atoms. The van der Waals surface area contributed by atoms with Crippen molar-refractivity contribution in [2.75, 3.05) is 32.8 Å². The van der Waals surface area contributed by atoms with Crippen LogP contribution in [0.1, 0.15) is 33.6 Å². The fourth-order valence-corrected chi connectivity index (χ4v) is 2.84. The molecule has 0 radical (unpaired) electrons. The second-order valence-corrected chi connectivity index (χ2v) is 5.86. The van der Waals surface area contributed by atoms with E-state index in [-0.39, 0.29) is 0 Å². The highest BCUT2D eigenvalue weighted by atomic mass is 16.5. The molecule has 0 bridgehead atoms. The molecule has 1 atom stereocenters. The molecule has 16 heavy (non-hydrogen) atoms. The van der Waals surface area contributed by atoms with Gasteiger partial charge in [0.25, 0.3) is 0 Å². The number of piperazine rings is 1. The number of hydrogen-bond donors (Lipinski definition) is 1. The zero-order chi connectivity index (χ0) is 11.6. The van der Waals surface area contributed by atoms with Crippen LogP contribution in [0, 0.1) is 5.92 Å². The predicted octanol–water partition coefficient (Wildman–Crippen LogP) is 1.49. The maximum atomic E-state index is 5.49. The lowest BCUT2D eigenvalue weighted by molar-refractivity contribution is -0.0327. The smallest absolute Gasteiger partial charge is 0.0483 e. The van der Waals surface area contributed by atoms with Crippen molar-refractivity contribution in [2.24, 2.45) is 5.92 Å². The maximum absolute atomic E-state index is 5.49. The summed E-state index contributed by atoms with van der Waals surface area (Å²) in [6.45, 7) is 12.5. The Morgan fingerprint density at radius 3 is 2.62 bits per heavy atom. The molecule has 2 heterocycles. The van der Waals surface area contributed by atoms with Crippen molar-refractivity contribution in [2.45, 2.75) is 45.2 Å². The summed E-state index contributed by atoms with van der Waals surface area (Å²) in [7, 11) is 0. The van der Waals surface area contributed by atoms with Gasteiger partial charge in [-0.2, -0.15) is 0 Å². The summed E-state index contributed by atoms with van der Waals surface area (Å²) in [5.41, 5.74) is 0.382. The van der Waals surface area contributed by atoms with Gasteiger partial charge in [-0.05, 0) is 25.7 Å². The van der Waals surface area contributed by atoms with Crippen LogP contribution in [-0.4, -0.2) is 49.3 Å². The molecule has 2 aliphatic rings. The van der Waals surface area contributed by atoms with Crippen molar-refractivity contribution in [3.63, 3.8) is 0 Å². The first-order chi connectivity index (χ1) is 7.62. The van der Waals surface area contributed by atoms with Gasteiger partial charge in [-0.25, -0.2) is 0 Å². The molecule has 0 aliphatic carbocycles. The molecule has 2 saturated heterocycles. The van der Waals surface area contributed by atoms with Crippen molar-refractivity contribution < 1.29 is 4.74 Å². The van der Waals surface area contributed by atoms with Crippen LogP contribution >= 0.6 is 0 Å². The molecule has 2 fully saturated rings. The summed E-state index contributed by atoms with van der Waals surface area (Å²) in [6.07, 6.45) is 2.38. The van der Waals surface area contributed by atoms with Crippen LogP contribution in [0.4, 0.5) is 0 Å². The molecule has 0 aromatic rings. The normalized spacial score (nSPS) is 31.9. The second kappa shape index (κ2) is 5.03. The summed E-state index contributed by atoms with van der Waals surface area (Å²) >= 11 is 0. The van der Waals surface area contributed by atoms with E-state index in [1.807, 2.05) is 0 Å². The zero-order valence-corrected chi connectivity index (χ0v) is 11.0. The van der Waals surface area contributed by atoms with Gasteiger partial charge in [-0.15, -0.1) is 0 Å². The Hall–Kier alpha value is -0.120. The van der Waals surface area contributed by atoms with Gasteiger partial charge >= 0.3 is 0 Å². The van der Waals surface area contributed by atoms with E-state index >= 15 is 0 Å². The molecule has 0 aromatic carbocycles. The third-order valence-electron chi connectivity index (χ3n) is 4.34. The van der Waals surface area contributed by atoms with Gasteiger partial charge in [0.1, 0.15) is 0 Å². The van der Waals surface area contributed by atoms with E-state index in [1.54, 1.807) is 0 Å². The fraction of sp³-hybridized carbons (Fsp3) is 1.00.